The van der Waals surface area contributed by atoms with E-state index in [9.17, 15) is 0 Å². The van der Waals surface area contributed by atoms with Gasteiger partial charge in [0, 0.05) is 10.9 Å². The van der Waals surface area contributed by atoms with Gasteiger partial charge in [0.05, 0.1) is 6.04 Å². The van der Waals surface area contributed by atoms with Crippen LogP contribution in [0.4, 0.5) is 0 Å². The van der Waals surface area contributed by atoms with Crippen LogP contribution in [0, 0.1) is 17.8 Å². The molecule has 0 radical (unpaired) electrons. The van der Waals surface area contributed by atoms with Crippen LogP contribution in [0.15, 0.2) is 24.3 Å². The van der Waals surface area contributed by atoms with Gasteiger partial charge in [-0.15, -0.1) is 0 Å². The van der Waals surface area contributed by atoms with Crippen LogP contribution < -0.4 is 10.2 Å². The third-order valence-electron chi connectivity index (χ3n) is 2.91. The van der Waals surface area contributed by atoms with E-state index in [1.807, 2.05) is 31.2 Å². The van der Waals surface area contributed by atoms with Crippen LogP contribution in [-0.2, 0) is 0 Å². The molecule has 4 heteroatoms. The van der Waals surface area contributed by atoms with Gasteiger partial charge in [0.1, 0.15) is 11.9 Å². The van der Waals surface area contributed by atoms with Gasteiger partial charge in [0.15, 0.2) is 0 Å². The summed E-state index contributed by atoms with van der Waals surface area (Å²) in [6, 6.07) is 7.21. The molecule has 96 valence electrons. The van der Waals surface area contributed by atoms with Gasteiger partial charge >= 0.3 is 0 Å². The molecule has 1 unspecified atom stereocenters. The molecule has 2 rings (SSSR count). The molecule has 0 amide bonds. The standard InChI is InChI=1S/C14H16ClNO2/c1-10(16-17)2-3-11-8-14(9-11)18-13-6-4-12(15)5-7-13/h4-7,10-11,14,16-17H,8-9H2,1H3. The second-order valence-corrected chi connectivity index (χ2v) is 4.94. The summed E-state index contributed by atoms with van der Waals surface area (Å²) in [4.78, 5) is 0. The van der Waals surface area contributed by atoms with Crippen LogP contribution in [0.1, 0.15) is 19.8 Å². The van der Waals surface area contributed by atoms with Crippen LogP contribution in [0.3, 0.4) is 0 Å². The molecule has 1 aromatic rings. The van der Waals surface area contributed by atoms with Gasteiger partial charge in [-0.25, -0.2) is 0 Å². The van der Waals surface area contributed by atoms with E-state index in [4.69, 9.17) is 21.5 Å². The van der Waals surface area contributed by atoms with Crippen molar-refractivity contribution >= 4 is 11.6 Å². The summed E-state index contributed by atoms with van der Waals surface area (Å²) < 4.78 is 5.78. The fourth-order valence-corrected chi connectivity index (χ4v) is 1.89. The van der Waals surface area contributed by atoms with E-state index in [2.05, 4.69) is 17.3 Å². The Morgan fingerprint density at radius 3 is 2.67 bits per heavy atom. The fourth-order valence-electron chi connectivity index (χ4n) is 1.76. The Morgan fingerprint density at radius 1 is 1.39 bits per heavy atom. The molecule has 18 heavy (non-hydrogen) atoms. The Hall–Kier alpha value is -1.21. The molecule has 2 N–H and O–H groups in total. The van der Waals surface area contributed by atoms with E-state index in [0.717, 1.165) is 18.6 Å². The summed E-state index contributed by atoms with van der Waals surface area (Å²) in [5.41, 5.74) is 2.11. The fraction of sp³-hybridized carbons (Fsp3) is 0.429. The molecule has 3 nitrogen and oxygen atoms in total. The lowest BCUT2D eigenvalue weighted by molar-refractivity contribution is 0.0900. The van der Waals surface area contributed by atoms with E-state index in [1.54, 1.807) is 0 Å². The van der Waals surface area contributed by atoms with Crippen LogP contribution in [0.2, 0.25) is 5.02 Å². The zero-order chi connectivity index (χ0) is 13.0. The molecule has 0 saturated heterocycles. The van der Waals surface area contributed by atoms with Gasteiger partial charge in [-0.2, -0.15) is 5.48 Å². The molecule has 0 bridgehead atoms. The topological polar surface area (TPSA) is 41.5 Å². The monoisotopic (exact) mass is 265 g/mol. The number of nitrogens with one attached hydrogen (secondary N) is 1. The maximum Gasteiger partial charge on any atom is 0.119 e. The molecule has 0 heterocycles. The van der Waals surface area contributed by atoms with Crippen LogP contribution in [-0.4, -0.2) is 17.4 Å². The maximum atomic E-state index is 8.62. The number of benzene rings is 1. The second-order valence-electron chi connectivity index (χ2n) is 4.50. The summed E-state index contributed by atoms with van der Waals surface area (Å²) in [5.74, 6) is 7.28. The summed E-state index contributed by atoms with van der Waals surface area (Å²) in [6.07, 6.45) is 2.12. The van der Waals surface area contributed by atoms with Crippen molar-refractivity contribution in [3.8, 4) is 17.6 Å². The minimum absolute atomic E-state index is 0.179. The number of ether oxygens (including phenoxy) is 1. The predicted molar refractivity (Wildman–Crippen MR) is 70.8 cm³/mol. The quantitative estimate of drug-likeness (QED) is 0.652. The normalized spacial score (nSPS) is 23.5. The lowest BCUT2D eigenvalue weighted by atomic mass is 9.82. The molecule has 1 aromatic carbocycles. The van der Waals surface area contributed by atoms with E-state index in [0.29, 0.717) is 10.9 Å². The highest BCUT2D eigenvalue weighted by Gasteiger charge is 2.29. The number of hydroxylamine groups is 1. The highest BCUT2D eigenvalue weighted by Crippen LogP contribution is 2.31. The lowest BCUT2D eigenvalue weighted by Gasteiger charge is -2.32. The Kier molecular flexibility index (Phi) is 4.48. The van der Waals surface area contributed by atoms with Gasteiger partial charge in [-0.3, -0.25) is 0 Å². The molecule has 1 aliphatic carbocycles. The van der Waals surface area contributed by atoms with Crippen molar-refractivity contribution in [3.63, 3.8) is 0 Å². The third kappa shape index (κ3) is 3.64. The van der Waals surface area contributed by atoms with Crippen LogP contribution in [0.25, 0.3) is 0 Å². The van der Waals surface area contributed by atoms with Crippen LogP contribution in [0.5, 0.6) is 5.75 Å². The Balaban J connectivity index is 1.76. The highest BCUT2D eigenvalue weighted by atomic mass is 35.5. The largest absolute Gasteiger partial charge is 0.490 e. The Morgan fingerprint density at radius 2 is 2.06 bits per heavy atom. The molecular weight excluding hydrogens is 250 g/mol. The van der Waals surface area contributed by atoms with Gasteiger partial charge in [-0.05, 0) is 44.0 Å². The first-order chi connectivity index (χ1) is 8.67. The average molecular weight is 266 g/mol. The van der Waals surface area contributed by atoms with E-state index in [-0.39, 0.29) is 12.1 Å². The van der Waals surface area contributed by atoms with Crippen molar-refractivity contribution in [2.24, 2.45) is 5.92 Å². The first-order valence-electron chi connectivity index (χ1n) is 6.00. The van der Waals surface area contributed by atoms with E-state index < -0.39 is 0 Å². The summed E-state index contributed by atoms with van der Waals surface area (Å²) >= 11 is 5.80. The van der Waals surface area contributed by atoms with Crippen molar-refractivity contribution in [2.75, 3.05) is 0 Å². The first kappa shape index (κ1) is 13.2. The zero-order valence-electron chi connectivity index (χ0n) is 10.2. The smallest absolute Gasteiger partial charge is 0.119 e. The highest BCUT2D eigenvalue weighted by molar-refractivity contribution is 6.30. The van der Waals surface area contributed by atoms with E-state index >= 15 is 0 Å². The lowest BCUT2D eigenvalue weighted by Crippen LogP contribution is -2.33. The van der Waals surface area contributed by atoms with Gasteiger partial charge in [0.2, 0.25) is 0 Å². The van der Waals surface area contributed by atoms with E-state index in [1.165, 1.54) is 0 Å². The van der Waals surface area contributed by atoms with Crippen molar-refractivity contribution in [3.05, 3.63) is 29.3 Å². The molecule has 0 spiro atoms. The third-order valence-corrected chi connectivity index (χ3v) is 3.16. The summed E-state index contributed by atoms with van der Waals surface area (Å²) in [6.45, 7) is 1.81. The molecule has 0 aliphatic heterocycles. The van der Waals surface area contributed by atoms with Crippen molar-refractivity contribution in [1.82, 2.24) is 5.48 Å². The van der Waals surface area contributed by atoms with Crippen molar-refractivity contribution in [1.29, 1.82) is 0 Å². The molecule has 1 saturated carbocycles. The minimum Gasteiger partial charge on any atom is -0.490 e. The molecule has 1 aliphatic rings. The number of rotatable bonds is 3. The number of hydrogen-bond acceptors (Lipinski definition) is 3. The second kappa shape index (κ2) is 6.10. The Labute approximate surface area is 112 Å². The average Bonchev–Trinajstić information content (AvgIpc) is 2.33. The molecular formula is C14H16ClNO2. The molecule has 1 atom stereocenters. The van der Waals surface area contributed by atoms with Gasteiger partial charge < -0.3 is 9.94 Å². The molecule has 1 fully saturated rings. The van der Waals surface area contributed by atoms with Crippen molar-refractivity contribution in [2.45, 2.75) is 31.9 Å². The predicted octanol–water partition coefficient (Wildman–Crippen LogP) is 2.87. The molecule has 0 aromatic heterocycles. The Bertz CT molecular complexity index is 443. The zero-order valence-corrected chi connectivity index (χ0v) is 10.9. The minimum atomic E-state index is -0.179. The SMILES string of the molecule is CC(C#CC1CC(Oc2ccc(Cl)cc2)C1)NO. The van der Waals surface area contributed by atoms with Crippen LogP contribution >= 0.6 is 11.6 Å². The summed E-state index contributed by atoms with van der Waals surface area (Å²) in [7, 11) is 0. The van der Waals surface area contributed by atoms with Crippen molar-refractivity contribution < 1.29 is 9.94 Å². The number of hydrogen-bond donors (Lipinski definition) is 2. The summed E-state index contributed by atoms with van der Waals surface area (Å²) in [5, 5.41) is 9.33. The maximum absolute atomic E-state index is 8.62. The van der Waals surface area contributed by atoms with Gasteiger partial charge in [-0.1, -0.05) is 23.4 Å². The van der Waals surface area contributed by atoms with Gasteiger partial charge in [0.25, 0.3) is 0 Å². The number of halogens is 1. The first-order valence-corrected chi connectivity index (χ1v) is 6.38.